The summed E-state index contributed by atoms with van der Waals surface area (Å²) in [5, 5.41) is 12.2. The van der Waals surface area contributed by atoms with Gasteiger partial charge in [0, 0.05) is 6.54 Å². The first-order valence-corrected chi connectivity index (χ1v) is 5.91. The summed E-state index contributed by atoms with van der Waals surface area (Å²) in [6, 6.07) is 7.58. The summed E-state index contributed by atoms with van der Waals surface area (Å²) in [5.41, 5.74) is 8.01. The normalized spacial score (nSPS) is 11.3. The lowest BCUT2D eigenvalue weighted by Gasteiger charge is -2.30. The highest BCUT2D eigenvalue weighted by Gasteiger charge is 2.22. The van der Waals surface area contributed by atoms with Crippen molar-refractivity contribution in [3.05, 3.63) is 23.8 Å². The number of hydrogen-bond donors (Lipinski definition) is 2. The first-order valence-electron chi connectivity index (χ1n) is 5.91. The molecule has 3 nitrogen and oxygen atoms in total. The Morgan fingerprint density at radius 3 is 2.59 bits per heavy atom. The van der Waals surface area contributed by atoms with E-state index < -0.39 is 0 Å². The van der Waals surface area contributed by atoms with E-state index in [1.165, 1.54) is 0 Å². The van der Waals surface area contributed by atoms with E-state index in [0.29, 0.717) is 17.2 Å². The SMILES string of the molecule is CC(C)C(C)(C)CNc1cccc(C#N)c1N. The second-order valence-electron chi connectivity index (χ2n) is 5.38. The van der Waals surface area contributed by atoms with E-state index in [1.54, 1.807) is 6.07 Å². The fourth-order valence-electron chi connectivity index (χ4n) is 1.34. The van der Waals surface area contributed by atoms with Crippen molar-refractivity contribution in [2.45, 2.75) is 27.7 Å². The molecule has 0 fully saturated rings. The van der Waals surface area contributed by atoms with Crippen LogP contribution in [0, 0.1) is 22.7 Å². The third kappa shape index (κ3) is 3.13. The molecular weight excluding hydrogens is 210 g/mol. The van der Waals surface area contributed by atoms with E-state index in [9.17, 15) is 0 Å². The van der Waals surface area contributed by atoms with Crippen molar-refractivity contribution >= 4 is 11.4 Å². The van der Waals surface area contributed by atoms with Crippen molar-refractivity contribution in [2.75, 3.05) is 17.6 Å². The molecule has 0 unspecified atom stereocenters. The third-order valence-corrected chi connectivity index (χ3v) is 3.52. The minimum atomic E-state index is 0.190. The van der Waals surface area contributed by atoms with Crippen LogP contribution in [0.25, 0.3) is 0 Å². The lowest BCUT2D eigenvalue weighted by Crippen LogP contribution is -2.28. The van der Waals surface area contributed by atoms with Crippen LogP contribution in [-0.4, -0.2) is 6.54 Å². The summed E-state index contributed by atoms with van der Waals surface area (Å²) in [6.45, 7) is 9.68. The number of benzene rings is 1. The number of nitrogens with two attached hydrogens (primary N) is 1. The average molecular weight is 231 g/mol. The van der Waals surface area contributed by atoms with Crippen LogP contribution >= 0.6 is 0 Å². The maximum atomic E-state index is 8.90. The van der Waals surface area contributed by atoms with Gasteiger partial charge in [-0.1, -0.05) is 33.8 Å². The lowest BCUT2D eigenvalue weighted by molar-refractivity contribution is 0.270. The van der Waals surface area contributed by atoms with Gasteiger partial charge in [-0.25, -0.2) is 0 Å². The first-order chi connectivity index (χ1) is 7.88. The average Bonchev–Trinajstić information content (AvgIpc) is 2.27. The van der Waals surface area contributed by atoms with E-state index in [2.05, 4.69) is 39.1 Å². The Morgan fingerprint density at radius 1 is 1.41 bits per heavy atom. The van der Waals surface area contributed by atoms with Gasteiger partial charge in [0.25, 0.3) is 0 Å². The Bertz CT molecular complexity index is 428. The van der Waals surface area contributed by atoms with Gasteiger partial charge in [0.1, 0.15) is 6.07 Å². The number of hydrogen-bond acceptors (Lipinski definition) is 3. The molecule has 0 radical (unpaired) electrons. The number of nitriles is 1. The van der Waals surface area contributed by atoms with Crippen LogP contribution in [0.1, 0.15) is 33.3 Å². The summed E-state index contributed by atoms with van der Waals surface area (Å²) in [4.78, 5) is 0. The van der Waals surface area contributed by atoms with Crippen LogP contribution < -0.4 is 11.1 Å². The number of nitrogens with zero attached hydrogens (tertiary/aromatic N) is 1. The van der Waals surface area contributed by atoms with Crippen molar-refractivity contribution in [3.63, 3.8) is 0 Å². The standard InChI is InChI=1S/C14H21N3/c1-10(2)14(3,4)9-17-12-7-5-6-11(8-15)13(12)16/h5-7,10,17H,9,16H2,1-4H3. The zero-order chi connectivity index (χ0) is 13.1. The van der Waals surface area contributed by atoms with Gasteiger partial charge in [0.05, 0.1) is 16.9 Å². The molecular formula is C14H21N3. The van der Waals surface area contributed by atoms with E-state index in [-0.39, 0.29) is 5.41 Å². The van der Waals surface area contributed by atoms with Gasteiger partial charge in [-0.15, -0.1) is 0 Å². The highest BCUT2D eigenvalue weighted by molar-refractivity contribution is 5.72. The van der Waals surface area contributed by atoms with Crippen molar-refractivity contribution in [1.82, 2.24) is 0 Å². The van der Waals surface area contributed by atoms with Gasteiger partial charge in [-0.3, -0.25) is 0 Å². The Kier molecular flexibility index (Phi) is 4.01. The number of para-hydroxylation sites is 1. The summed E-state index contributed by atoms with van der Waals surface area (Å²) in [7, 11) is 0. The van der Waals surface area contributed by atoms with Crippen LogP contribution in [0.4, 0.5) is 11.4 Å². The molecule has 3 heteroatoms. The zero-order valence-corrected chi connectivity index (χ0v) is 11.0. The summed E-state index contributed by atoms with van der Waals surface area (Å²) < 4.78 is 0. The minimum Gasteiger partial charge on any atom is -0.396 e. The third-order valence-electron chi connectivity index (χ3n) is 3.52. The molecule has 0 heterocycles. The molecule has 1 rings (SSSR count). The highest BCUT2D eigenvalue weighted by atomic mass is 14.9. The topological polar surface area (TPSA) is 61.8 Å². The maximum Gasteiger partial charge on any atom is 0.101 e. The van der Waals surface area contributed by atoms with Crippen molar-refractivity contribution < 1.29 is 0 Å². The van der Waals surface area contributed by atoms with E-state index >= 15 is 0 Å². The molecule has 0 aliphatic heterocycles. The van der Waals surface area contributed by atoms with Gasteiger partial charge >= 0.3 is 0 Å². The van der Waals surface area contributed by atoms with Crippen molar-refractivity contribution in [3.8, 4) is 6.07 Å². The van der Waals surface area contributed by atoms with E-state index in [1.807, 2.05) is 12.1 Å². The molecule has 0 aromatic heterocycles. The number of nitrogens with one attached hydrogen (secondary N) is 1. The van der Waals surface area contributed by atoms with Gasteiger partial charge in [-0.05, 0) is 23.5 Å². The summed E-state index contributed by atoms with van der Waals surface area (Å²) in [6.07, 6.45) is 0. The first kappa shape index (κ1) is 13.4. The Balaban J connectivity index is 2.81. The lowest BCUT2D eigenvalue weighted by atomic mass is 9.81. The Morgan fingerprint density at radius 2 is 2.06 bits per heavy atom. The molecule has 92 valence electrons. The van der Waals surface area contributed by atoms with Crippen LogP contribution in [0.3, 0.4) is 0 Å². The van der Waals surface area contributed by atoms with Crippen molar-refractivity contribution in [1.29, 1.82) is 5.26 Å². The second kappa shape index (κ2) is 5.09. The molecule has 0 atom stereocenters. The summed E-state index contributed by atoms with van der Waals surface area (Å²) >= 11 is 0. The Labute approximate surface area is 104 Å². The fourth-order valence-corrected chi connectivity index (χ4v) is 1.34. The molecule has 0 spiro atoms. The zero-order valence-electron chi connectivity index (χ0n) is 11.0. The van der Waals surface area contributed by atoms with Gasteiger partial charge < -0.3 is 11.1 Å². The fraction of sp³-hybridized carbons (Fsp3) is 0.500. The largest absolute Gasteiger partial charge is 0.396 e. The van der Waals surface area contributed by atoms with Crippen LogP contribution in [0.15, 0.2) is 18.2 Å². The molecule has 0 amide bonds. The molecule has 1 aromatic carbocycles. The Hall–Kier alpha value is -1.69. The van der Waals surface area contributed by atoms with E-state index in [4.69, 9.17) is 11.0 Å². The van der Waals surface area contributed by atoms with Crippen molar-refractivity contribution in [2.24, 2.45) is 11.3 Å². The number of nitrogen functional groups attached to an aromatic ring is 1. The molecule has 0 aliphatic carbocycles. The molecule has 0 saturated heterocycles. The van der Waals surface area contributed by atoms with Crippen LogP contribution in [0.2, 0.25) is 0 Å². The predicted octanol–water partition coefficient (Wildman–Crippen LogP) is 3.23. The number of rotatable bonds is 4. The number of anilines is 2. The molecule has 0 saturated carbocycles. The highest BCUT2D eigenvalue weighted by Crippen LogP contribution is 2.28. The van der Waals surface area contributed by atoms with Gasteiger partial charge in [0.2, 0.25) is 0 Å². The molecule has 3 N–H and O–H groups in total. The minimum absolute atomic E-state index is 0.190. The monoisotopic (exact) mass is 231 g/mol. The predicted molar refractivity (Wildman–Crippen MR) is 72.7 cm³/mol. The van der Waals surface area contributed by atoms with Gasteiger partial charge in [-0.2, -0.15) is 5.26 Å². The smallest absolute Gasteiger partial charge is 0.101 e. The molecule has 17 heavy (non-hydrogen) atoms. The molecule has 0 aliphatic rings. The molecule has 1 aromatic rings. The van der Waals surface area contributed by atoms with E-state index in [0.717, 1.165) is 12.2 Å². The molecule has 0 bridgehead atoms. The maximum absolute atomic E-state index is 8.90. The van der Waals surface area contributed by atoms with Crippen LogP contribution in [0.5, 0.6) is 0 Å². The van der Waals surface area contributed by atoms with Crippen LogP contribution in [-0.2, 0) is 0 Å². The quantitative estimate of drug-likeness (QED) is 0.782. The summed E-state index contributed by atoms with van der Waals surface area (Å²) in [5.74, 6) is 0.579. The van der Waals surface area contributed by atoms with Gasteiger partial charge in [0.15, 0.2) is 0 Å². The second-order valence-corrected chi connectivity index (χ2v) is 5.38.